The normalized spacial score (nSPS) is 16.9. The highest BCUT2D eigenvalue weighted by molar-refractivity contribution is 9.10. The van der Waals surface area contributed by atoms with Crippen LogP contribution in [0.15, 0.2) is 15.9 Å². The van der Waals surface area contributed by atoms with Gasteiger partial charge in [0.05, 0.1) is 13.1 Å². The Morgan fingerprint density at radius 1 is 1.50 bits per heavy atom. The number of carbonyl (C=O) groups is 1. The summed E-state index contributed by atoms with van der Waals surface area (Å²) < 4.78 is 1.09. The number of piperidine rings is 1. The van der Waals surface area contributed by atoms with E-state index in [0.29, 0.717) is 13.1 Å². The monoisotopic (exact) mass is 387 g/mol. The Morgan fingerprint density at radius 2 is 2.23 bits per heavy atom. The maximum Gasteiger partial charge on any atom is 0.236 e. The Hall–Kier alpha value is -0.430. The molecular formula is C16H26BrN3OS. The van der Waals surface area contributed by atoms with Crippen LogP contribution in [0.3, 0.4) is 0 Å². The lowest BCUT2D eigenvalue weighted by Gasteiger charge is -2.32. The average Bonchev–Trinajstić information content (AvgIpc) is 2.91. The molecule has 0 spiro atoms. The molecule has 6 heteroatoms. The van der Waals surface area contributed by atoms with E-state index in [1.807, 2.05) is 19.0 Å². The van der Waals surface area contributed by atoms with Crippen LogP contribution in [-0.4, -0.2) is 56.0 Å². The Morgan fingerprint density at radius 3 is 2.82 bits per heavy atom. The number of hydrogen-bond acceptors (Lipinski definition) is 4. The fraction of sp³-hybridized carbons (Fsp3) is 0.688. The first-order valence-corrected chi connectivity index (χ1v) is 9.59. The van der Waals surface area contributed by atoms with E-state index in [-0.39, 0.29) is 5.91 Å². The van der Waals surface area contributed by atoms with E-state index in [0.717, 1.165) is 30.0 Å². The molecule has 0 unspecified atom stereocenters. The van der Waals surface area contributed by atoms with E-state index < -0.39 is 0 Å². The SMILES string of the molecule is CNCCC1CCN(CC(=O)N(C)Cc2cc(Br)cs2)CC1. The molecule has 0 saturated carbocycles. The fourth-order valence-corrected chi connectivity index (χ4v) is 4.36. The van der Waals surface area contributed by atoms with Crippen LogP contribution in [0, 0.1) is 5.92 Å². The van der Waals surface area contributed by atoms with Gasteiger partial charge in [-0.3, -0.25) is 9.69 Å². The number of nitrogens with one attached hydrogen (secondary N) is 1. The van der Waals surface area contributed by atoms with Gasteiger partial charge in [0.1, 0.15) is 0 Å². The van der Waals surface area contributed by atoms with Crippen molar-refractivity contribution < 1.29 is 4.79 Å². The average molecular weight is 388 g/mol. The molecule has 1 N–H and O–H groups in total. The Balaban J connectivity index is 1.71. The van der Waals surface area contributed by atoms with Crippen LogP contribution in [-0.2, 0) is 11.3 Å². The highest BCUT2D eigenvalue weighted by atomic mass is 79.9. The van der Waals surface area contributed by atoms with Crippen LogP contribution in [0.2, 0.25) is 0 Å². The predicted octanol–water partition coefficient (Wildman–Crippen LogP) is 2.79. The first-order valence-electron chi connectivity index (χ1n) is 7.92. The standard InChI is InChI=1S/C16H26BrN3OS/c1-18-6-3-13-4-7-20(8-5-13)11-16(21)19(2)10-15-9-14(17)12-22-15/h9,12-13,18H,3-8,10-11H2,1-2H3. The first kappa shape index (κ1) is 17.9. The van der Waals surface area contributed by atoms with Gasteiger partial charge in [-0.2, -0.15) is 0 Å². The minimum Gasteiger partial charge on any atom is -0.340 e. The van der Waals surface area contributed by atoms with Crippen molar-refractivity contribution in [3.8, 4) is 0 Å². The third-order valence-electron chi connectivity index (χ3n) is 4.31. The van der Waals surface area contributed by atoms with Crippen LogP contribution in [0.1, 0.15) is 24.1 Å². The van der Waals surface area contributed by atoms with E-state index >= 15 is 0 Å². The molecule has 1 aliphatic heterocycles. The number of nitrogens with zero attached hydrogens (tertiary/aromatic N) is 2. The molecule has 1 aliphatic rings. The van der Waals surface area contributed by atoms with Gasteiger partial charge in [0.2, 0.25) is 5.91 Å². The van der Waals surface area contributed by atoms with Gasteiger partial charge in [0, 0.05) is 21.8 Å². The molecule has 0 aliphatic carbocycles. The number of hydrogen-bond donors (Lipinski definition) is 1. The van der Waals surface area contributed by atoms with Crippen LogP contribution in [0.25, 0.3) is 0 Å². The lowest BCUT2D eigenvalue weighted by Crippen LogP contribution is -2.42. The molecule has 4 nitrogen and oxygen atoms in total. The van der Waals surface area contributed by atoms with Gasteiger partial charge >= 0.3 is 0 Å². The molecule has 1 fully saturated rings. The lowest BCUT2D eigenvalue weighted by atomic mass is 9.93. The van der Waals surface area contributed by atoms with E-state index in [9.17, 15) is 4.79 Å². The second kappa shape index (κ2) is 9.01. The summed E-state index contributed by atoms with van der Waals surface area (Å²) in [6.07, 6.45) is 3.69. The van der Waals surface area contributed by atoms with Gasteiger partial charge in [0.25, 0.3) is 0 Å². The number of rotatable bonds is 7. The summed E-state index contributed by atoms with van der Waals surface area (Å²) in [6, 6.07) is 2.09. The minimum atomic E-state index is 0.221. The van der Waals surface area contributed by atoms with Gasteiger partial charge in [-0.15, -0.1) is 11.3 Å². The number of likely N-dealkylation sites (tertiary alicyclic amines) is 1. The van der Waals surface area contributed by atoms with E-state index in [4.69, 9.17) is 0 Å². The molecule has 22 heavy (non-hydrogen) atoms. The summed E-state index contributed by atoms with van der Waals surface area (Å²) in [6.45, 7) is 4.47. The van der Waals surface area contributed by atoms with Gasteiger partial charge < -0.3 is 10.2 Å². The quantitative estimate of drug-likeness (QED) is 0.780. The van der Waals surface area contributed by atoms with Gasteiger partial charge in [-0.25, -0.2) is 0 Å². The molecule has 1 aromatic heterocycles. The smallest absolute Gasteiger partial charge is 0.236 e. The maximum absolute atomic E-state index is 12.3. The Bertz CT molecular complexity index is 472. The molecule has 1 saturated heterocycles. The molecule has 1 amide bonds. The van der Waals surface area contributed by atoms with E-state index in [1.54, 1.807) is 11.3 Å². The third-order valence-corrected chi connectivity index (χ3v) is 5.99. The molecular weight excluding hydrogens is 362 g/mol. The highest BCUT2D eigenvalue weighted by Gasteiger charge is 2.21. The first-order chi connectivity index (χ1) is 10.6. The van der Waals surface area contributed by atoms with Crippen LogP contribution < -0.4 is 5.32 Å². The lowest BCUT2D eigenvalue weighted by molar-refractivity contribution is -0.132. The Labute approximate surface area is 146 Å². The number of carbonyl (C=O) groups excluding carboxylic acids is 1. The van der Waals surface area contributed by atoms with Crippen LogP contribution >= 0.6 is 27.3 Å². The molecule has 2 heterocycles. The largest absolute Gasteiger partial charge is 0.340 e. The second-order valence-electron chi connectivity index (χ2n) is 6.09. The maximum atomic E-state index is 12.3. The van der Waals surface area contributed by atoms with Crippen molar-refractivity contribution in [2.24, 2.45) is 5.92 Å². The summed E-state index contributed by atoms with van der Waals surface area (Å²) in [5.41, 5.74) is 0. The summed E-state index contributed by atoms with van der Waals surface area (Å²) in [7, 11) is 3.91. The number of thiophene rings is 1. The summed E-state index contributed by atoms with van der Waals surface area (Å²) in [5.74, 6) is 1.04. The van der Waals surface area contributed by atoms with Gasteiger partial charge in [0.15, 0.2) is 0 Å². The van der Waals surface area contributed by atoms with Crippen molar-refractivity contribution >= 4 is 33.2 Å². The van der Waals surface area contributed by atoms with E-state index in [1.165, 1.54) is 24.1 Å². The number of halogens is 1. The molecule has 0 radical (unpaired) electrons. The molecule has 0 atom stereocenters. The third kappa shape index (κ3) is 5.65. The molecule has 124 valence electrons. The molecule has 2 rings (SSSR count). The summed E-state index contributed by atoms with van der Waals surface area (Å²) >= 11 is 5.15. The van der Waals surface area contributed by atoms with Crippen LogP contribution in [0.5, 0.6) is 0 Å². The van der Waals surface area contributed by atoms with E-state index in [2.05, 4.69) is 37.6 Å². The van der Waals surface area contributed by atoms with Crippen molar-refractivity contribution in [3.05, 3.63) is 20.8 Å². The number of amides is 1. The minimum absolute atomic E-state index is 0.221. The fourth-order valence-electron chi connectivity index (χ4n) is 2.85. The number of likely N-dealkylation sites (N-methyl/N-ethyl adjacent to an activating group) is 1. The predicted molar refractivity (Wildman–Crippen MR) is 96.2 cm³/mol. The molecule has 1 aromatic rings. The summed E-state index contributed by atoms with van der Waals surface area (Å²) in [5, 5.41) is 5.28. The van der Waals surface area contributed by atoms with Crippen molar-refractivity contribution in [3.63, 3.8) is 0 Å². The highest BCUT2D eigenvalue weighted by Crippen LogP contribution is 2.22. The zero-order chi connectivity index (χ0) is 15.9. The van der Waals surface area contributed by atoms with Crippen molar-refractivity contribution in [2.75, 3.05) is 40.3 Å². The van der Waals surface area contributed by atoms with Crippen molar-refractivity contribution in [1.29, 1.82) is 0 Å². The topological polar surface area (TPSA) is 35.6 Å². The molecule has 0 aromatic carbocycles. The van der Waals surface area contributed by atoms with Crippen LogP contribution in [0.4, 0.5) is 0 Å². The molecule has 0 bridgehead atoms. The van der Waals surface area contributed by atoms with Gasteiger partial charge in [-0.1, -0.05) is 0 Å². The summed E-state index contributed by atoms with van der Waals surface area (Å²) in [4.78, 5) is 17.7. The van der Waals surface area contributed by atoms with Crippen molar-refractivity contribution in [2.45, 2.75) is 25.8 Å². The zero-order valence-corrected chi connectivity index (χ0v) is 15.9. The second-order valence-corrected chi connectivity index (χ2v) is 8.00. The Kier molecular flexibility index (Phi) is 7.34. The van der Waals surface area contributed by atoms with Gasteiger partial charge in [-0.05, 0) is 73.9 Å². The van der Waals surface area contributed by atoms with Crippen molar-refractivity contribution in [1.82, 2.24) is 15.1 Å². The zero-order valence-electron chi connectivity index (χ0n) is 13.5.